The van der Waals surface area contributed by atoms with Crippen LogP contribution in [0.3, 0.4) is 0 Å². The van der Waals surface area contributed by atoms with E-state index in [-0.39, 0.29) is 6.61 Å². The summed E-state index contributed by atoms with van der Waals surface area (Å²) in [6.45, 7) is 3.12. The topological polar surface area (TPSA) is 71.5 Å². The fourth-order valence-corrected chi connectivity index (χ4v) is 4.61. The zero-order chi connectivity index (χ0) is 20.7. The van der Waals surface area contributed by atoms with Crippen LogP contribution in [0.4, 0.5) is 0 Å². The Hall–Kier alpha value is -1.93. The number of aromatic nitrogens is 1. The third-order valence-corrected chi connectivity index (χ3v) is 6.84. The molecule has 2 aromatic rings. The smallest absolute Gasteiger partial charge is 0.243 e. The van der Waals surface area contributed by atoms with Gasteiger partial charge >= 0.3 is 0 Å². The van der Waals surface area contributed by atoms with Crippen molar-refractivity contribution in [3.8, 4) is 0 Å². The molecule has 1 aromatic carbocycles. The molecule has 0 spiro atoms. The van der Waals surface area contributed by atoms with Crippen LogP contribution in [0, 0.1) is 0 Å². The van der Waals surface area contributed by atoms with Gasteiger partial charge in [0.05, 0.1) is 10.6 Å². The van der Waals surface area contributed by atoms with Gasteiger partial charge in [0.1, 0.15) is 11.8 Å². The molecule has 0 atom stereocenters. The standard InChI is InChI=1S/C21H26ClN3O3S/c1-2-3-5-17-8-10-20(11-9-17)29(26,27)25-14-12-18(13-15-25)24-28-16-19-6-4-7-21(22)23-19/h4,6-12,24H,2-3,5,13-16H2,1H3. The Kier molecular flexibility index (Phi) is 7.66. The van der Waals surface area contributed by atoms with Gasteiger partial charge < -0.3 is 0 Å². The van der Waals surface area contributed by atoms with E-state index in [0.717, 1.165) is 25.0 Å². The maximum atomic E-state index is 12.9. The summed E-state index contributed by atoms with van der Waals surface area (Å²) in [6.07, 6.45) is 5.59. The second-order valence-electron chi connectivity index (χ2n) is 6.93. The van der Waals surface area contributed by atoms with Crippen LogP contribution in [-0.2, 0) is 27.9 Å². The van der Waals surface area contributed by atoms with Crippen molar-refractivity contribution in [2.45, 2.75) is 44.1 Å². The molecule has 1 aliphatic rings. The Bertz CT molecular complexity index is 946. The van der Waals surface area contributed by atoms with E-state index in [4.69, 9.17) is 16.4 Å². The number of hydroxylamine groups is 1. The fraction of sp³-hybridized carbons (Fsp3) is 0.381. The minimum absolute atomic E-state index is 0.268. The van der Waals surface area contributed by atoms with Crippen LogP contribution in [0.15, 0.2) is 59.1 Å². The van der Waals surface area contributed by atoms with Gasteiger partial charge in [-0.1, -0.05) is 43.1 Å². The summed E-state index contributed by atoms with van der Waals surface area (Å²) in [5.41, 5.74) is 5.62. The van der Waals surface area contributed by atoms with Gasteiger partial charge in [-0.05, 0) is 48.7 Å². The maximum absolute atomic E-state index is 12.9. The Morgan fingerprint density at radius 3 is 2.66 bits per heavy atom. The first-order valence-electron chi connectivity index (χ1n) is 9.76. The number of sulfonamides is 1. The number of nitrogens with one attached hydrogen (secondary N) is 1. The first-order valence-corrected chi connectivity index (χ1v) is 11.6. The highest BCUT2D eigenvalue weighted by Gasteiger charge is 2.26. The average Bonchev–Trinajstić information content (AvgIpc) is 2.73. The van der Waals surface area contributed by atoms with E-state index in [0.29, 0.717) is 35.3 Å². The van der Waals surface area contributed by atoms with Crippen LogP contribution in [0.25, 0.3) is 0 Å². The summed E-state index contributed by atoms with van der Waals surface area (Å²) in [6, 6.07) is 12.6. The van der Waals surface area contributed by atoms with Crippen LogP contribution in [0.5, 0.6) is 0 Å². The Morgan fingerprint density at radius 2 is 2.00 bits per heavy atom. The monoisotopic (exact) mass is 435 g/mol. The summed E-state index contributed by atoms with van der Waals surface area (Å²) >= 11 is 5.85. The lowest BCUT2D eigenvalue weighted by Gasteiger charge is -2.26. The first-order chi connectivity index (χ1) is 14.0. The molecule has 0 saturated heterocycles. The lowest BCUT2D eigenvalue weighted by atomic mass is 10.1. The normalized spacial score (nSPS) is 15.2. The number of hydrogen-bond acceptors (Lipinski definition) is 5. The minimum Gasteiger partial charge on any atom is -0.271 e. The molecule has 0 saturated carbocycles. The van der Waals surface area contributed by atoms with Crippen molar-refractivity contribution in [2.75, 3.05) is 13.1 Å². The van der Waals surface area contributed by atoms with Gasteiger partial charge in [0.2, 0.25) is 10.0 Å². The number of pyridine rings is 1. The molecule has 1 aliphatic heterocycles. The molecule has 0 radical (unpaired) electrons. The molecular weight excluding hydrogens is 410 g/mol. The predicted molar refractivity (Wildman–Crippen MR) is 114 cm³/mol. The molecule has 0 fully saturated rings. The molecule has 0 bridgehead atoms. The van der Waals surface area contributed by atoms with Gasteiger partial charge in [-0.2, -0.15) is 4.31 Å². The zero-order valence-corrected chi connectivity index (χ0v) is 18.0. The summed E-state index contributed by atoms with van der Waals surface area (Å²) in [5, 5.41) is 0.419. The second-order valence-corrected chi connectivity index (χ2v) is 9.26. The molecule has 156 valence electrons. The van der Waals surface area contributed by atoms with Crippen molar-refractivity contribution in [3.05, 3.63) is 70.6 Å². The number of benzene rings is 1. The van der Waals surface area contributed by atoms with Crippen molar-refractivity contribution in [2.24, 2.45) is 0 Å². The molecule has 1 N–H and O–H groups in total. The molecule has 0 aliphatic carbocycles. The third kappa shape index (κ3) is 6.02. The van der Waals surface area contributed by atoms with Crippen LogP contribution < -0.4 is 5.48 Å². The summed E-state index contributed by atoms with van der Waals surface area (Å²) in [4.78, 5) is 9.95. The lowest BCUT2D eigenvalue weighted by Crippen LogP contribution is -2.36. The van der Waals surface area contributed by atoms with Gasteiger partial charge in [-0.15, -0.1) is 0 Å². The molecular formula is C21H26ClN3O3S. The van der Waals surface area contributed by atoms with Gasteiger partial charge in [-0.25, -0.2) is 13.4 Å². The molecule has 3 rings (SSSR count). The van der Waals surface area contributed by atoms with E-state index in [9.17, 15) is 8.42 Å². The maximum Gasteiger partial charge on any atom is 0.243 e. The number of nitrogens with zero attached hydrogens (tertiary/aromatic N) is 2. The second kappa shape index (κ2) is 10.2. The van der Waals surface area contributed by atoms with Crippen molar-refractivity contribution in [3.63, 3.8) is 0 Å². The molecule has 8 heteroatoms. The van der Waals surface area contributed by atoms with E-state index in [1.54, 1.807) is 18.2 Å². The van der Waals surface area contributed by atoms with Gasteiger partial charge in [0, 0.05) is 25.2 Å². The summed E-state index contributed by atoms with van der Waals surface area (Å²) < 4.78 is 27.2. The quantitative estimate of drug-likeness (QED) is 0.474. The minimum atomic E-state index is -3.50. The van der Waals surface area contributed by atoms with Crippen molar-refractivity contribution >= 4 is 21.6 Å². The first kappa shape index (κ1) is 21.8. The van der Waals surface area contributed by atoms with Gasteiger partial charge in [0.25, 0.3) is 0 Å². The zero-order valence-electron chi connectivity index (χ0n) is 16.5. The Morgan fingerprint density at radius 1 is 1.21 bits per heavy atom. The van der Waals surface area contributed by atoms with E-state index < -0.39 is 10.0 Å². The number of rotatable bonds is 9. The van der Waals surface area contributed by atoms with Crippen molar-refractivity contribution < 1.29 is 13.3 Å². The highest BCUT2D eigenvalue weighted by atomic mass is 35.5. The van der Waals surface area contributed by atoms with E-state index >= 15 is 0 Å². The third-order valence-electron chi connectivity index (χ3n) is 4.75. The number of hydrogen-bond donors (Lipinski definition) is 1. The Balaban J connectivity index is 1.53. The van der Waals surface area contributed by atoms with Crippen LogP contribution >= 0.6 is 11.6 Å². The molecule has 29 heavy (non-hydrogen) atoms. The molecule has 0 amide bonds. The molecule has 1 aromatic heterocycles. The number of unbranched alkanes of at least 4 members (excludes halogenated alkanes) is 1. The highest BCUT2D eigenvalue weighted by molar-refractivity contribution is 7.89. The van der Waals surface area contributed by atoms with Crippen molar-refractivity contribution in [1.82, 2.24) is 14.8 Å². The van der Waals surface area contributed by atoms with Crippen LogP contribution in [0.1, 0.15) is 37.4 Å². The summed E-state index contributed by atoms with van der Waals surface area (Å²) in [7, 11) is -3.50. The number of aryl methyl sites for hydroxylation is 1. The molecule has 2 heterocycles. The van der Waals surface area contributed by atoms with Gasteiger partial charge in [0.15, 0.2) is 0 Å². The van der Waals surface area contributed by atoms with E-state index in [2.05, 4.69) is 17.4 Å². The largest absolute Gasteiger partial charge is 0.271 e. The van der Waals surface area contributed by atoms with Crippen molar-refractivity contribution in [1.29, 1.82) is 0 Å². The van der Waals surface area contributed by atoms with E-state index in [1.807, 2.05) is 30.3 Å². The van der Waals surface area contributed by atoms with Crippen LogP contribution in [-0.4, -0.2) is 30.8 Å². The highest BCUT2D eigenvalue weighted by Crippen LogP contribution is 2.21. The van der Waals surface area contributed by atoms with Gasteiger partial charge in [-0.3, -0.25) is 10.3 Å². The number of halogens is 1. The molecule has 0 unspecified atom stereocenters. The van der Waals surface area contributed by atoms with Crippen LogP contribution in [0.2, 0.25) is 5.15 Å². The predicted octanol–water partition coefficient (Wildman–Crippen LogP) is 4.08. The SMILES string of the molecule is CCCCc1ccc(S(=O)(=O)N2CC=C(NOCc3cccc(Cl)n3)CC2)cc1. The summed E-state index contributed by atoms with van der Waals surface area (Å²) in [5.74, 6) is 0. The average molecular weight is 436 g/mol. The molecule has 6 nitrogen and oxygen atoms in total. The Labute approximate surface area is 177 Å². The fourth-order valence-electron chi connectivity index (χ4n) is 3.05. The lowest BCUT2D eigenvalue weighted by molar-refractivity contribution is 0.0433. The van der Waals surface area contributed by atoms with E-state index in [1.165, 1.54) is 9.87 Å².